The minimum absolute atomic E-state index is 0.146. The zero-order valence-corrected chi connectivity index (χ0v) is 11.7. The van der Waals surface area contributed by atoms with Crippen LogP contribution in [0.2, 0.25) is 5.02 Å². The Balaban J connectivity index is 2.26. The minimum Gasteiger partial charge on any atom is -0.465 e. The van der Waals surface area contributed by atoms with Crippen molar-refractivity contribution < 1.29 is 19.1 Å². The number of rotatable bonds is 3. The van der Waals surface area contributed by atoms with Crippen molar-refractivity contribution in [1.29, 1.82) is 0 Å². The molecule has 0 bridgehead atoms. The van der Waals surface area contributed by atoms with Gasteiger partial charge in [-0.3, -0.25) is 4.79 Å². The van der Waals surface area contributed by atoms with E-state index in [0.717, 1.165) is 0 Å². The molecule has 1 amide bonds. The Bertz CT molecular complexity index is 541. The van der Waals surface area contributed by atoms with E-state index in [0.29, 0.717) is 18.1 Å². The number of esters is 1. The lowest BCUT2D eigenvalue weighted by Gasteiger charge is -2.21. The summed E-state index contributed by atoms with van der Waals surface area (Å²) in [5, 5.41) is 3.01. The SMILES string of the molecule is COC(=O)c1ccc(Cl)cc1NC(=O)C1(N)CCOC1. The molecule has 2 rings (SSSR count). The van der Waals surface area contributed by atoms with Crippen molar-refractivity contribution in [2.45, 2.75) is 12.0 Å². The van der Waals surface area contributed by atoms with Gasteiger partial charge in [0.2, 0.25) is 5.91 Å². The predicted molar refractivity (Wildman–Crippen MR) is 73.8 cm³/mol. The number of methoxy groups -OCH3 is 1. The second kappa shape index (κ2) is 5.78. The summed E-state index contributed by atoms with van der Waals surface area (Å²) in [6.07, 6.45) is 0.424. The van der Waals surface area contributed by atoms with Crippen LogP contribution < -0.4 is 11.1 Å². The third kappa shape index (κ3) is 2.92. The fraction of sp³-hybridized carbons (Fsp3) is 0.385. The highest BCUT2D eigenvalue weighted by molar-refractivity contribution is 6.31. The molecule has 1 aromatic carbocycles. The smallest absolute Gasteiger partial charge is 0.339 e. The third-order valence-electron chi connectivity index (χ3n) is 3.14. The molecule has 1 saturated heterocycles. The first-order valence-corrected chi connectivity index (χ1v) is 6.40. The molecule has 1 aromatic rings. The van der Waals surface area contributed by atoms with Crippen LogP contribution in [0.4, 0.5) is 5.69 Å². The van der Waals surface area contributed by atoms with Crippen molar-refractivity contribution in [3.63, 3.8) is 0 Å². The molecule has 1 heterocycles. The topological polar surface area (TPSA) is 90.7 Å². The van der Waals surface area contributed by atoms with Crippen molar-refractivity contribution in [3.05, 3.63) is 28.8 Å². The van der Waals surface area contributed by atoms with Gasteiger partial charge in [-0.15, -0.1) is 0 Å². The highest BCUT2D eigenvalue weighted by Crippen LogP contribution is 2.24. The number of nitrogens with two attached hydrogens (primary N) is 1. The molecule has 0 aliphatic carbocycles. The summed E-state index contributed by atoms with van der Waals surface area (Å²) >= 11 is 5.88. The van der Waals surface area contributed by atoms with E-state index in [2.05, 4.69) is 10.1 Å². The molecule has 0 saturated carbocycles. The van der Waals surface area contributed by atoms with Crippen LogP contribution in [0.15, 0.2) is 18.2 Å². The molecule has 1 fully saturated rings. The standard InChI is InChI=1S/C13H15ClN2O4/c1-19-11(17)9-3-2-8(14)6-10(9)16-12(18)13(15)4-5-20-7-13/h2-3,6H,4-5,7,15H2,1H3,(H,16,18). The van der Waals surface area contributed by atoms with Gasteiger partial charge in [-0.25, -0.2) is 4.79 Å². The van der Waals surface area contributed by atoms with Crippen LogP contribution in [-0.2, 0) is 14.3 Å². The van der Waals surface area contributed by atoms with E-state index in [-0.39, 0.29) is 17.9 Å². The number of benzene rings is 1. The van der Waals surface area contributed by atoms with Crippen molar-refractivity contribution in [1.82, 2.24) is 0 Å². The van der Waals surface area contributed by atoms with Gasteiger partial charge in [-0.2, -0.15) is 0 Å². The maximum absolute atomic E-state index is 12.2. The van der Waals surface area contributed by atoms with Gasteiger partial charge in [0.05, 0.1) is 25.0 Å². The number of carbonyl (C=O) groups excluding carboxylic acids is 2. The zero-order chi connectivity index (χ0) is 14.8. The minimum atomic E-state index is -1.09. The van der Waals surface area contributed by atoms with E-state index in [1.807, 2.05) is 0 Å². The molecular formula is C13H15ClN2O4. The first-order chi connectivity index (χ1) is 9.46. The molecule has 1 aliphatic rings. The lowest BCUT2D eigenvalue weighted by molar-refractivity contribution is -0.121. The quantitative estimate of drug-likeness (QED) is 0.818. The average Bonchev–Trinajstić information content (AvgIpc) is 2.86. The van der Waals surface area contributed by atoms with Crippen LogP contribution in [0.5, 0.6) is 0 Å². The van der Waals surface area contributed by atoms with Gasteiger partial charge in [0, 0.05) is 11.6 Å². The van der Waals surface area contributed by atoms with Gasteiger partial charge in [-0.1, -0.05) is 11.6 Å². The number of hydrogen-bond donors (Lipinski definition) is 2. The Morgan fingerprint density at radius 1 is 1.50 bits per heavy atom. The number of hydrogen-bond acceptors (Lipinski definition) is 5. The molecule has 7 heteroatoms. The Morgan fingerprint density at radius 3 is 2.85 bits per heavy atom. The molecule has 0 spiro atoms. The van der Waals surface area contributed by atoms with Gasteiger partial charge in [-0.05, 0) is 24.6 Å². The molecule has 108 valence electrons. The van der Waals surface area contributed by atoms with Gasteiger partial charge < -0.3 is 20.5 Å². The second-order valence-corrected chi connectivity index (χ2v) is 5.03. The summed E-state index contributed by atoms with van der Waals surface area (Å²) in [6.45, 7) is 0.580. The van der Waals surface area contributed by atoms with E-state index >= 15 is 0 Å². The predicted octanol–water partition coefficient (Wildman–Crippen LogP) is 1.18. The van der Waals surface area contributed by atoms with E-state index < -0.39 is 17.4 Å². The summed E-state index contributed by atoms with van der Waals surface area (Å²) < 4.78 is 9.80. The molecule has 1 aliphatic heterocycles. The summed E-state index contributed by atoms with van der Waals surface area (Å²) in [5.41, 5.74) is 5.36. The summed E-state index contributed by atoms with van der Waals surface area (Å²) in [6, 6.07) is 4.50. The van der Waals surface area contributed by atoms with E-state index in [1.165, 1.54) is 19.2 Å². The third-order valence-corrected chi connectivity index (χ3v) is 3.37. The first kappa shape index (κ1) is 14.8. The average molecular weight is 299 g/mol. The van der Waals surface area contributed by atoms with Crippen LogP contribution in [0.3, 0.4) is 0 Å². The fourth-order valence-corrected chi connectivity index (χ4v) is 2.09. The number of halogens is 1. The van der Waals surface area contributed by atoms with E-state index in [4.69, 9.17) is 22.1 Å². The van der Waals surface area contributed by atoms with Crippen LogP contribution in [0.1, 0.15) is 16.8 Å². The highest BCUT2D eigenvalue weighted by atomic mass is 35.5. The number of amides is 1. The van der Waals surface area contributed by atoms with E-state index in [9.17, 15) is 9.59 Å². The van der Waals surface area contributed by atoms with Crippen molar-refractivity contribution in [2.24, 2.45) is 5.73 Å². The van der Waals surface area contributed by atoms with Crippen LogP contribution >= 0.6 is 11.6 Å². The molecule has 1 atom stereocenters. The summed E-state index contributed by atoms with van der Waals surface area (Å²) in [4.78, 5) is 23.9. The Hall–Kier alpha value is -1.63. The Labute approximate surface area is 121 Å². The molecule has 3 N–H and O–H groups in total. The number of nitrogens with one attached hydrogen (secondary N) is 1. The largest absolute Gasteiger partial charge is 0.465 e. The van der Waals surface area contributed by atoms with Crippen molar-refractivity contribution >= 4 is 29.2 Å². The van der Waals surface area contributed by atoms with Gasteiger partial charge >= 0.3 is 5.97 Å². The highest BCUT2D eigenvalue weighted by Gasteiger charge is 2.38. The Morgan fingerprint density at radius 2 is 2.25 bits per heavy atom. The van der Waals surface area contributed by atoms with Gasteiger partial charge in [0.15, 0.2) is 0 Å². The Kier molecular flexibility index (Phi) is 4.27. The van der Waals surface area contributed by atoms with Crippen LogP contribution in [-0.4, -0.2) is 37.7 Å². The maximum Gasteiger partial charge on any atom is 0.339 e. The van der Waals surface area contributed by atoms with Crippen LogP contribution in [0.25, 0.3) is 0 Å². The fourth-order valence-electron chi connectivity index (χ4n) is 1.91. The maximum atomic E-state index is 12.2. The molecule has 0 aromatic heterocycles. The normalized spacial score (nSPS) is 21.6. The molecule has 20 heavy (non-hydrogen) atoms. The monoisotopic (exact) mass is 298 g/mol. The molecule has 1 unspecified atom stereocenters. The van der Waals surface area contributed by atoms with Crippen molar-refractivity contribution in [3.8, 4) is 0 Å². The number of carbonyl (C=O) groups is 2. The zero-order valence-electron chi connectivity index (χ0n) is 10.9. The molecule has 0 radical (unpaired) electrons. The second-order valence-electron chi connectivity index (χ2n) is 4.59. The number of anilines is 1. The summed E-state index contributed by atoms with van der Waals surface area (Å²) in [5.74, 6) is -0.979. The lowest BCUT2D eigenvalue weighted by atomic mass is 9.99. The van der Waals surface area contributed by atoms with Crippen molar-refractivity contribution in [2.75, 3.05) is 25.6 Å². The van der Waals surface area contributed by atoms with Gasteiger partial charge in [0.1, 0.15) is 5.54 Å². The lowest BCUT2D eigenvalue weighted by Crippen LogP contribution is -2.51. The van der Waals surface area contributed by atoms with Crippen LogP contribution in [0, 0.1) is 0 Å². The molecular weight excluding hydrogens is 284 g/mol. The van der Waals surface area contributed by atoms with E-state index in [1.54, 1.807) is 6.07 Å². The number of ether oxygens (including phenoxy) is 2. The van der Waals surface area contributed by atoms with Gasteiger partial charge in [0.25, 0.3) is 0 Å². The first-order valence-electron chi connectivity index (χ1n) is 6.02. The summed E-state index contributed by atoms with van der Waals surface area (Å²) in [7, 11) is 1.26. The molecule has 6 nitrogen and oxygen atoms in total.